The summed E-state index contributed by atoms with van der Waals surface area (Å²) in [7, 11) is 0. The minimum absolute atomic E-state index is 0.100. The van der Waals surface area contributed by atoms with Gasteiger partial charge in [0.05, 0.1) is 5.56 Å². The fraction of sp³-hybridized carbons (Fsp3) is 0.364. The second kappa shape index (κ2) is 9.49. The molecular formula is C22H27N7O. The molecule has 4 rings (SSSR count). The van der Waals surface area contributed by atoms with E-state index in [9.17, 15) is 4.79 Å². The van der Waals surface area contributed by atoms with Crippen LogP contribution in [0.15, 0.2) is 55.2 Å². The zero-order valence-corrected chi connectivity index (χ0v) is 17.2. The van der Waals surface area contributed by atoms with Crippen LogP contribution in [0.25, 0.3) is 5.82 Å². The molecule has 0 unspecified atom stereocenters. The highest BCUT2D eigenvalue weighted by molar-refractivity contribution is 5.93. The number of hydrogen-bond donors (Lipinski definition) is 1. The quantitative estimate of drug-likeness (QED) is 0.605. The number of pyridine rings is 1. The van der Waals surface area contributed by atoms with Crippen LogP contribution in [0.1, 0.15) is 22.3 Å². The van der Waals surface area contributed by atoms with Crippen molar-refractivity contribution < 1.29 is 4.79 Å². The van der Waals surface area contributed by atoms with Crippen molar-refractivity contribution in [1.82, 2.24) is 30.0 Å². The van der Waals surface area contributed by atoms with E-state index in [2.05, 4.69) is 61.4 Å². The number of nitrogens with one attached hydrogen (secondary N) is 1. The van der Waals surface area contributed by atoms with E-state index in [0.717, 1.165) is 39.1 Å². The van der Waals surface area contributed by atoms with E-state index in [1.165, 1.54) is 17.6 Å². The number of aromatic nitrogens is 4. The number of aryl methyl sites for hydroxylation is 1. The van der Waals surface area contributed by atoms with E-state index in [4.69, 9.17) is 0 Å². The highest BCUT2D eigenvalue weighted by atomic mass is 16.1. The van der Waals surface area contributed by atoms with Crippen molar-refractivity contribution in [2.45, 2.75) is 13.3 Å². The first kappa shape index (κ1) is 20.0. The van der Waals surface area contributed by atoms with Crippen LogP contribution >= 0.6 is 0 Å². The number of benzene rings is 1. The Morgan fingerprint density at radius 2 is 2.00 bits per heavy atom. The third kappa shape index (κ3) is 5.01. The van der Waals surface area contributed by atoms with Crippen molar-refractivity contribution >= 4 is 11.6 Å². The lowest BCUT2D eigenvalue weighted by Gasteiger charge is -2.36. The Bertz CT molecular complexity index is 948. The molecule has 3 aromatic rings. The molecule has 0 bridgehead atoms. The molecule has 1 saturated heterocycles. The SMILES string of the molecule is Cc1cccc(N2CCN(CCCNC(=O)c3ccc(-n4cncn4)nc3)CC2)c1. The molecule has 2 aromatic heterocycles. The average Bonchev–Trinajstić information content (AvgIpc) is 3.32. The smallest absolute Gasteiger partial charge is 0.252 e. The molecule has 30 heavy (non-hydrogen) atoms. The van der Waals surface area contributed by atoms with Gasteiger partial charge in [0.2, 0.25) is 0 Å². The summed E-state index contributed by atoms with van der Waals surface area (Å²) < 4.78 is 1.56. The number of rotatable bonds is 7. The van der Waals surface area contributed by atoms with E-state index >= 15 is 0 Å². The van der Waals surface area contributed by atoms with Gasteiger partial charge in [0.15, 0.2) is 5.82 Å². The highest BCUT2D eigenvalue weighted by Crippen LogP contribution is 2.17. The minimum Gasteiger partial charge on any atom is -0.369 e. The normalized spacial score (nSPS) is 14.6. The van der Waals surface area contributed by atoms with Crippen molar-refractivity contribution in [3.8, 4) is 5.82 Å². The lowest BCUT2D eigenvalue weighted by Crippen LogP contribution is -2.47. The van der Waals surface area contributed by atoms with Gasteiger partial charge in [0.25, 0.3) is 5.91 Å². The molecular weight excluding hydrogens is 378 g/mol. The monoisotopic (exact) mass is 405 g/mol. The topological polar surface area (TPSA) is 79.2 Å². The number of hydrogen-bond acceptors (Lipinski definition) is 6. The molecule has 1 N–H and O–H groups in total. The number of amides is 1. The minimum atomic E-state index is -0.100. The molecule has 3 heterocycles. The molecule has 8 nitrogen and oxygen atoms in total. The zero-order valence-electron chi connectivity index (χ0n) is 17.2. The maximum atomic E-state index is 12.3. The number of anilines is 1. The third-order valence-electron chi connectivity index (χ3n) is 5.34. The highest BCUT2D eigenvalue weighted by Gasteiger charge is 2.17. The second-order valence-electron chi connectivity index (χ2n) is 7.52. The molecule has 1 aliphatic rings. The molecule has 0 spiro atoms. The van der Waals surface area contributed by atoms with E-state index in [1.54, 1.807) is 29.3 Å². The van der Waals surface area contributed by atoms with E-state index < -0.39 is 0 Å². The van der Waals surface area contributed by atoms with Gasteiger partial charge >= 0.3 is 0 Å². The van der Waals surface area contributed by atoms with Gasteiger partial charge in [0.1, 0.15) is 12.7 Å². The van der Waals surface area contributed by atoms with E-state index in [0.29, 0.717) is 17.9 Å². The molecule has 156 valence electrons. The first-order valence-electron chi connectivity index (χ1n) is 10.3. The van der Waals surface area contributed by atoms with Crippen LogP contribution in [0.3, 0.4) is 0 Å². The van der Waals surface area contributed by atoms with Gasteiger partial charge in [-0.1, -0.05) is 12.1 Å². The summed E-state index contributed by atoms with van der Waals surface area (Å²) >= 11 is 0. The van der Waals surface area contributed by atoms with Gasteiger partial charge in [-0.2, -0.15) is 5.10 Å². The van der Waals surface area contributed by atoms with Crippen LogP contribution in [-0.2, 0) is 0 Å². The first-order valence-corrected chi connectivity index (χ1v) is 10.3. The van der Waals surface area contributed by atoms with Crippen LogP contribution in [0.5, 0.6) is 0 Å². The predicted octanol–water partition coefficient (Wildman–Crippen LogP) is 1.91. The summed E-state index contributed by atoms with van der Waals surface area (Å²) in [5.74, 6) is 0.533. The van der Waals surface area contributed by atoms with Crippen LogP contribution in [-0.4, -0.2) is 69.8 Å². The van der Waals surface area contributed by atoms with Crippen molar-refractivity contribution in [3.63, 3.8) is 0 Å². The van der Waals surface area contributed by atoms with Crippen molar-refractivity contribution in [3.05, 3.63) is 66.4 Å². The van der Waals surface area contributed by atoms with E-state index in [-0.39, 0.29) is 5.91 Å². The van der Waals surface area contributed by atoms with E-state index in [1.807, 2.05) is 0 Å². The number of carbonyl (C=O) groups excluding carboxylic acids is 1. The molecule has 1 amide bonds. The Morgan fingerprint density at radius 3 is 2.70 bits per heavy atom. The van der Waals surface area contributed by atoms with Crippen molar-refractivity contribution in [2.24, 2.45) is 0 Å². The van der Waals surface area contributed by atoms with Gasteiger partial charge in [-0.05, 0) is 49.7 Å². The molecule has 0 aliphatic carbocycles. The molecule has 1 aromatic carbocycles. The maximum Gasteiger partial charge on any atom is 0.252 e. The summed E-state index contributed by atoms with van der Waals surface area (Å²) in [5.41, 5.74) is 3.16. The molecule has 0 atom stereocenters. The molecule has 1 fully saturated rings. The van der Waals surface area contributed by atoms with Crippen molar-refractivity contribution in [2.75, 3.05) is 44.2 Å². The zero-order chi connectivity index (χ0) is 20.8. The standard InChI is InChI=1S/C22H27N7O/c1-18-4-2-5-20(14-18)28-12-10-27(11-13-28)9-3-8-24-22(30)19-6-7-21(25-15-19)29-17-23-16-26-29/h2,4-7,14-17H,3,8-13H2,1H3,(H,24,30). The largest absolute Gasteiger partial charge is 0.369 e. The molecule has 0 saturated carbocycles. The van der Waals surface area contributed by atoms with Gasteiger partial charge in [-0.25, -0.2) is 14.6 Å². The lowest BCUT2D eigenvalue weighted by atomic mass is 10.2. The summed E-state index contributed by atoms with van der Waals surface area (Å²) in [5, 5.41) is 7.01. The Balaban J connectivity index is 1.16. The molecule has 8 heteroatoms. The Morgan fingerprint density at radius 1 is 1.13 bits per heavy atom. The fourth-order valence-electron chi connectivity index (χ4n) is 3.64. The Hall–Kier alpha value is -3.26. The lowest BCUT2D eigenvalue weighted by molar-refractivity contribution is 0.0951. The van der Waals surface area contributed by atoms with Gasteiger partial charge in [-0.15, -0.1) is 0 Å². The molecule has 0 radical (unpaired) electrons. The van der Waals surface area contributed by atoms with Gasteiger partial charge < -0.3 is 10.2 Å². The Labute approximate surface area is 176 Å². The summed E-state index contributed by atoms with van der Waals surface area (Å²) in [6.07, 6.45) is 5.52. The number of piperazine rings is 1. The number of carbonyl (C=O) groups is 1. The third-order valence-corrected chi connectivity index (χ3v) is 5.34. The molecule has 1 aliphatic heterocycles. The fourth-order valence-corrected chi connectivity index (χ4v) is 3.64. The first-order chi connectivity index (χ1) is 14.7. The van der Waals surface area contributed by atoms with Crippen LogP contribution < -0.4 is 10.2 Å². The van der Waals surface area contributed by atoms with Crippen molar-refractivity contribution in [1.29, 1.82) is 0 Å². The summed E-state index contributed by atoms with van der Waals surface area (Å²) in [6, 6.07) is 12.2. The maximum absolute atomic E-state index is 12.3. The average molecular weight is 406 g/mol. The predicted molar refractivity (Wildman–Crippen MR) is 116 cm³/mol. The van der Waals surface area contributed by atoms with Crippen LogP contribution in [0.4, 0.5) is 5.69 Å². The van der Waals surface area contributed by atoms with Gasteiger partial charge in [-0.3, -0.25) is 9.69 Å². The second-order valence-corrected chi connectivity index (χ2v) is 7.52. The summed E-state index contributed by atoms with van der Waals surface area (Å²) in [6.45, 7) is 7.97. The summed E-state index contributed by atoms with van der Waals surface area (Å²) in [4.78, 5) is 25.4. The van der Waals surface area contributed by atoms with Crippen LogP contribution in [0.2, 0.25) is 0 Å². The Kier molecular flexibility index (Phi) is 6.34. The van der Waals surface area contributed by atoms with Crippen LogP contribution in [0, 0.1) is 6.92 Å². The van der Waals surface area contributed by atoms with Gasteiger partial charge in [0, 0.05) is 44.6 Å². The number of nitrogens with zero attached hydrogens (tertiary/aromatic N) is 6.